The number of unbranched alkanes of at least 4 members (excludes halogenated alkanes) is 1. The fourth-order valence-corrected chi connectivity index (χ4v) is 5.98. The Hall–Kier alpha value is -4.33. The molecular formula is C30H30N4O5S. The summed E-state index contributed by atoms with van der Waals surface area (Å²) in [6.45, 7) is 3.89. The van der Waals surface area contributed by atoms with E-state index in [2.05, 4.69) is 16.0 Å². The molecule has 2 heterocycles. The molecule has 0 aliphatic carbocycles. The molecule has 0 amide bonds. The number of pyridine rings is 1. The molecule has 1 atom stereocenters. The summed E-state index contributed by atoms with van der Waals surface area (Å²) in [4.78, 5) is 21.4. The SMILES string of the molecule is CCCCc1nc(O)c(S(=O)(=O)c2ccc(-c3ccncc3C)cc2)c(=O)n1[C@@H](COC)c1cccc(C#N)c1. The molecule has 0 saturated carbocycles. The Bertz CT molecular complexity index is 1720. The molecule has 0 saturated heterocycles. The molecule has 0 fully saturated rings. The third-order valence-electron chi connectivity index (χ3n) is 6.68. The molecule has 9 nitrogen and oxygen atoms in total. The van der Waals surface area contributed by atoms with E-state index in [0.717, 1.165) is 23.1 Å². The van der Waals surface area contributed by atoms with Crippen molar-refractivity contribution in [3.63, 3.8) is 0 Å². The molecule has 0 spiro atoms. The van der Waals surface area contributed by atoms with Gasteiger partial charge in [0.05, 0.1) is 29.2 Å². The molecule has 2 aromatic carbocycles. The van der Waals surface area contributed by atoms with E-state index >= 15 is 0 Å². The fourth-order valence-electron chi connectivity index (χ4n) is 4.64. The van der Waals surface area contributed by atoms with Crippen LogP contribution < -0.4 is 5.56 Å². The summed E-state index contributed by atoms with van der Waals surface area (Å²) in [7, 11) is -3.00. The number of hydrogen-bond donors (Lipinski definition) is 1. The number of methoxy groups -OCH3 is 1. The third kappa shape index (κ3) is 5.66. The van der Waals surface area contributed by atoms with Gasteiger partial charge in [0.1, 0.15) is 5.82 Å². The number of aryl methyl sites for hydroxylation is 2. The number of nitrogens with zero attached hydrogens (tertiary/aromatic N) is 4. The summed E-state index contributed by atoms with van der Waals surface area (Å²) in [5.74, 6) is -0.612. The quantitative estimate of drug-likeness (QED) is 0.298. The lowest BCUT2D eigenvalue weighted by Gasteiger charge is -2.24. The second-order valence-electron chi connectivity index (χ2n) is 9.39. The van der Waals surface area contributed by atoms with Gasteiger partial charge in [0.25, 0.3) is 5.56 Å². The summed E-state index contributed by atoms with van der Waals surface area (Å²) < 4.78 is 34.3. The molecule has 0 aliphatic rings. The number of ether oxygens (including phenoxy) is 1. The predicted octanol–water partition coefficient (Wildman–Crippen LogP) is 4.60. The van der Waals surface area contributed by atoms with Gasteiger partial charge in [0.2, 0.25) is 15.7 Å². The Labute approximate surface area is 233 Å². The molecule has 0 radical (unpaired) electrons. The number of aromatic nitrogens is 3. The van der Waals surface area contributed by atoms with Crippen molar-refractivity contribution < 1.29 is 18.3 Å². The minimum atomic E-state index is -4.46. The van der Waals surface area contributed by atoms with E-state index in [1.807, 2.05) is 19.9 Å². The Morgan fingerprint density at radius 2 is 1.90 bits per heavy atom. The lowest BCUT2D eigenvalue weighted by Crippen LogP contribution is -2.35. The Kier molecular flexibility index (Phi) is 8.77. The van der Waals surface area contributed by atoms with Crippen LogP contribution in [0.3, 0.4) is 0 Å². The fraction of sp³-hybridized carbons (Fsp3) is 0.267. The Balaban J connectivity index is 1.89. The van der Waals surface area contributed by atoms with Crippen LogP contribution in [-0.4, -0.2) is 41.8 Å². The van der Waals surface area contributed by atoms with Crippen molar-refractivity contribution in [1.82, 2.24) is 14.5 Å². The first-order valence-corrected chi connectivity index (χ1v) is 14.3. The second-order valence-corrected chi connectivity index (χ2v) is 11.3. The van der Waals surface area contributed by atoms with Gasteiger partial charge < -0.3 is 9.84 Å². The van der Waals surface area contributed by atoms with E-state index in [1.165, 1.54) is 23.8 Å². The molecule has 40 heavy (non-hydrogen) atoms. The number of benzene rings is 2. The highest BCUT2D eigenvalue weighted by molar-refractivity contribution is 7.91. The lowest BCUT2D eigenvalue weighted by atomic mass is 10.0. The molecule has 2 aromatic heterocycles. The van der Waals surface area contributed by atoms with Gasteiger partial charge in [-0.05, 0) is 65.9 Å². The average Bonchev–Trinajstić information content (AvgIpc) is 2.95. The van der Waals surface area contributed by atoms with E-state index in [1.54, 1.807) is 48.8 Å². The summed E-state index contributed by atoms with van der Waals surface area (Å²) in [5.41, 5.74) is 2.66. The highest BCUT2D eigenvalue weighted by atomic mass is 32.2. The van der Waals surface area contributed by atoms with Crippen molar-refractivity contribution in [2.75, 3.05) is 13.7 Å². The van der Waals surface area contributed by atoms with Gasteiger partial charge in [0.15, 0.2) is 4.90 Å². The molecule has 206 valence electrons. The molecule has 0 unspecified atom stereocenters. The van der Waals surface area contributed by atoms with Crippen molar-refractivity contribution in [1.29, 1.82) is 5.26 Å². The summed E-state index contributed by atoms with van der Waals surface area (Å²) in [6.07, 6.45) is 5.15. The van der Waals surface area contributed by atoms with E-state index in [4.69, 9.17) is 4.74 Å². The van der Waals surface area contributed by atoms with Gasteiger partial charge in [-0.15, -0.1) is 0 Å². The normalized spacial score (nSPS) is 12.2. The Morgan fingerprint density at radius 1 is 1.15 bits per heavy atom. The van der Waals surface area contributed by atoms with Gasteiger partial charge in [-0.1, -0.05) is 37.6 Å². The number of rotatable bonds is 10. The van der Waals surface area contributed by atoms with Crippen molar-refractivity contribution >= 4 is 9.84 Å². The lowest BCUT2D eigenvalue weighted by molar-refractivity contribution is 0.165. The highest BCUT2D eigenvalue weighted by Gasteiger charge is 2.32. The van der Waals surface area contributed by atoms with Crippen LogP contribution in [0.4, 0.5) is 0 Å². The maximum absolute atomic E-state index is 14.0. The number of hydrogen-bond acceptors (Lipinski definition) is 8. The topological polar surface area (TPSA) is 135 Å². The maximum atomic E-state index is 14.0. The average molecular weight is 559 g/mol. The molecule has 10 heteroatoms. The third-order valence-corrected chi connectivity index (χ3v) is 8.47. The monoisotopic (exact) mass is 558 g/mol. The summed E-state index contributed by atoms with van der Waals surface area (Å²) in [6, 6.07) is 15.9. The molecule has 0 bridgehead atoms. The number of aromatic hydroxyl groups is 1. The highest BCUT2D eigenvalue weighted by Crippen LogP contribution is 2.30. The van der Waals surface area contributed by atoms with Crippen LogP contribution in [0.5, 0.6) is 5.88 Å². The zero-order valence-electron chi connectivity index (χ0n) is 22.5. The van der Waals surface area contributed by atoms with Gasteiger partial charge in [-0.3, -0.25) is 14.3 Å². The first-order valence-electron chi connectivity index (χ1n) is 12.8. The minimum Gasteiger partial charge on any atom is -0.492 e. The molecule has 4 rings (SSSR count). The number of sulfone groups is 1. The molecule has 1 N–H and O–H groups in total. The second kappa shape index (κ2) is 12.2. The van der Waals surface area contributed by atoms with Crippen molar-refractivity contribution in [2.24, 2.45) is 0 Å². The van der Waals surface area contributed by atoms with Crippen LogP contribution in [0.15, 0.2) is 81.6 Å². The van der Waals surface area contributed by atoms with Gasteiger partial charge in [-0.2, -0.15) is 10.2 Å². The summed E-state index contributed by atoms with van der Waals surface area (Å²) in [5, 5.41) is 20.3. The Morgan fingerprint density at radius 3 is 2.55 bits per heavy atom. The molecular weight excluding hydrogens is 528 g/mol. The summed E-state index contributed by atoms with van der Waals surface area (Å²) >= 11 is 0. The van der Waals surface area contributed by atoms with Gasteiger partial charge in [-0.25, -0.2) is 8.42 Å². The first-order chi connectivity index (χ1) is 19.2. The standard InChI is InChI=1S/C30H30N4O5S/c1-4-5-9-27-33-29(35)28(30(36)34(27)26(19-39-3)23-8-6-7-21(16-23)17-31)40(37,38)24-12-10-22(11-13-24)25-14-15-32-18-20(25)2/h6-8,10-16,18,26,35H,4-5,9,19H2,1-3H3/t26-/m0/s1. The first kappa shape index (κ1) is 28.7. The minimum absolute atomic E-state index is 0.0137. The van der Waals surface area contributed by atoms with Crippen molar-refractivity contribution in [3.8, 4) is 23.1 Å². The largest absolute Gasteiger partial charge is 0.492 e. The maximum Gasteiger partial charge on any atom is 0.277 e. The van der Waals surface area contributed by atoms with Crippen molar-refractivity contribution in [2.45, 2.75) is 48.9 Å². The van der Waals surface area contributed by atoms with Gasteiger partial charge in [0, 0.05) is 25.9 Å². The van der Waals surface area contributed by atoms with Crippen LogP contribution >= 0.6 is 0 Å². The van der Waals surface area contributed by atoms with E-state index < -0.39 is 32.2 Å². The van der Waals surface area contributed by atoms with Crippen molar-refractivity contribution in [3.05, 3.63) is 99.9 Å². The van der Waals surface area contributed by atoms with Crippen LogP contribution in [0.25, 0.3) is 11.1 Å². The van der Waals surface area contributed by atoms with Crippen LogP contribution in [-0.2, 0) is 21.0 Å². The van der Waals surface area contributed by atoms with E-state index in [9.17, 15) is 23.6 Å². The van der Waals surface area contributed by atoms with E-state index in [-0.39, 0.29) is 17.3 Å². The number of nitriles is 1. The zero-order valence-corrected chi connectivity index (χ0v) is 23.4. The van der Waals surface area contributed by atoms with Crippen LogP contribution in [0.1, 0.15) is 48.3 Å². The molecule has 0 aliphatic heterocycles. The smallest absolute Gasteiger partial charge is 0.277 e. The van der Waals surface area contributed by atoms with Crippen LogP contribution in [0, 0.1) is 18.3 Å². The predicted molar refractivity (Wildman–Crippen MR) is 150 cm³/mol. The van der Waals surface area contributed by atoms with Crippen LogP contribution in [0.2, 0.25) is 0 Å². The molecule has 4 aromatic rings. The zero-order chi connectivity index (χ0) is 28.9. The van der Waals surface area contributed by atoms with E-state index in [0.29, 0.717) is 24.0 Å². The van der Waals surface area contributed by atoms with Gasteiger partial charge >= 0.3 is 0 Å².